The minimum Gasteiger partial charge on any atom is -0.457 e. The van der Waals surface area contributed by atoms with Crippen LogP contribution in [0.5, 0.6) is 11.5 Å². The number of amides is 1. The van der Waals surface area contributed by atoms with Gasteiger partial charge in [-0.15, -0.1) is 0 Å². The molecule has 0 spiro atoms. The zero-order valence-electron chi connectivity index (χ0n) is 12.3. The predicted octanol–water partition coefficient (Wildman–Crippen LogP) is 3.94. The summed E-state index contributed by atoms with van der Waals surface area (Å²) >= 11 is 0. The van der Waals surface area contributed by atoms with E-state index in [1.807, 2.05) is 6.07 Å². The molecule has 0 saturated heterocycles. The van der Waals surface area contributed by atoms with Crippen LogP contribution in [0.2, 0.25) is 0 Å². The van der Waals surface area contributed by atoms with E-state index in [0.29, 0.717) is 16.7 Å². The standard InChI is InChI=1S/C18H19NO2/c1-12-11-14(18(2)9-10-18)5-8-16(12)21-15-6-3-13(4-7-15)17(19)20/h3-8,11H,9-10H2,1-2H3,(H2,19,20). The maximum atomic E-state index is 11.0. The van der Waals surface area contributed by atoms with E-state index >= 15 is 0 Å². The lowest BCUT2D eigenvalue weighted by Crippen LogP contribution is -2.10. The highest BCUT2D eigenvalue weighted by atomic mass is 16.5. The number of hydrogen-bond acceptors (Lipinski definition) is 2. The molecule has 0 bridgehead atoms. The van der Waals surface area contributed by atoms with Crippen LogP contribution < -0.4 is 10.5 Å². The predicted molar refractivity (Wildman–Crippen MR) is 82.8 cm³/mol. The number of carbonyl (C=O) groups excluding carboxylic acids is 1. The first-order chi connectivity index (χ1) is 9.98. The largest absolute Gasteiger partial charge is 0.457 e. The topological polar surface area (TPSA) is 52.3 Å². The average Bonchev–Trinajstić information content (AvgIpc) is 3.21. The van der Waals surface area contributed by atoms with Crippen LogP contribution >= 0.6 is 0 Å². The molecule has 0 atom stereocenters. The van der Waals surface area contributed by atoms with Gasteiger partial charge in [0.05, 0.1) is 0 Å². The second kappa shape index (κ2) is 4.92. The van der Waals surface area contributed by atoms with Crippen molar-refractivity contribution in [1.82, 2.24) is 0 Å². The van der Waals surface area contributed by atoms with Crippen molar-refractivity contribution in [3.8, 4) is 11.5 Å². The van der Waals surface area contributed by atoms with Crippen LogP contribution in [0.25, 0.3) is 0 Å². The van der Waals surface area contributed by atoms with Crippen molar-refractivity contribution in [2.75, 3.05) is 0 Å². The van der Waals surface area contributed by atoms with Crippen molar-refractivity contribution < 1.29 is 9.53 Å². The molecule has 0 aromatic heterocycles. The van der Waals surface area contributed by atoms with Gasteiger partial charge in [-0.25, -0.2) is 0 Å². The number of aryl methyl sites for hydroxylation is 1. The molecule has 1 aliphatic rings. The first-order valence-corrected chi connectivity index (χ1v) is 7.17. The SMILES string of the molecule is Cc1cc(C2(C)CC2)ccc1Oc1ccc(C(N)=O)cc1. The summed E-state index contributed by atoms with van der Waals surface area (Å²) in [6.07, 6.45) is 2.53. The van der Waals surface area contributed by atoms with Gasteiger partial charge in [0, 0.05) is 5.56 Å². The maximum absolute atomic E-state index is 11.0. The lowest BCUT2D eigenvalue weighted by molar-refractivity contribution is 0.100. The summed E-state index contributed by atoms with van der Waals surface area (Å²) in [5.74, 6) is 1.11. The number of nitrogens with two attached hydrogens (primary N) is 1. The molecule has 3 nitrogen and oxygen atoms in total. The van der Waals surface area contributed by atoms with E-state index in [2.05, 4.69) is 26.0 Å². The average molecular weight is 281 g/mol. The van der Waals surface area contributed by atoms with Crippen molar-refractivity contribution >= 4 is 5.91 Å². The Bertz CT molecular complexity index is 685. The number of benzene rings is 2. The van der Waals surface area contributed by atoms with Crippen LogP contribution in [-0.2, 0) is 5.41 Å². The van der Waals surface area contributed by atoms with Crippen LogP contribution in [0.1, 0.15) is 41.3 Å². The second-order valence-electron chi connectivity index (χ2n) is 6.03. The van der Waals surface area contributed by atoms with Gasteiger partial charge in [-0.2, -0.15) is 0 Å². The number of hydrogen-bond donors (Lipinski definition) is 1. The fourth-order valence-corrected chi connectivity index (χ4v) is 2.43. The summed E-state index contributed by atoms with van der Waals surface area (Å²) in [4.78, 5) is 11.0. The molecule has 2 aromatic rings. The molecule has 2 aromatic carbocycles. The number of ether oxygens (including phenoxy) is 1. The van der Waals surface area contributed by atoms with Crippen molar-refractivity contribution in [3.63, 3.8) is 0 Å². The number of carbonyl (C=O) groups is 1. The van der Waals surface area contributed by atoms with E-state index in [1.54, 1.807) is 24.3 Å². The number of rotatable bonds is 4. The molecule has 1 aliphatic carbocycles. The Hall–Kier alpha value is -2.29. The molecule has 3 rings (SSSR count). The molecular weight excluding hydrogens is 262 g/mol. The highest BCUT2D eigenvalue weighted by Gasteiger charge is 2.39. The molecule has 0 unspecified atom stereocenters. The minimum absolute atomic E-state index is 0.367. The van der Waals surface area contributed by atoms with Crippen LogP contribution in [0.4, 0.5) is 0 Å². The van der Waals surface area contributed by atoms with Gasteiger partial charge in [0.15, 0.2) is 0 Å². The first kappa shape index (κ1) is 13.7. The summed E-state index contributed by atoms with van der Waals surface area (Å²) in [5, 5.41) is 0. The summed E-state index contributed by atoms with van der Waals surface area (Å²) in [7, 11) is 0. The summed E-state index contributed by atoms with van der Waals surface area (Å²) < 4.78 is 5.88. The van der Waals surface area contributed by atoms with Crippen molar-refractivity contribution in [2.24, 2.45) is 5.73 Å². The first-order valence-electron chi connectivity index (χ1n) is 7.17. The lowest BCUT2D eigenvalue weighted by atomic mass is 9.96. The quantitative estimate of drug-likeness (QED) is 0.923. The molecule has 1 fully saturated rings. The Morgan fingerprint density at radius 1 is 1.14 bits per heavy atom. The minimum atomic E-state index is -0.431. The Morgan fingerprint density at radius 2 is 1.81 bits per heavy atom. The molecule has 1 saturated carbocycles. The summed E-state index contributed by atoms with van der Waals surface area (Å²) in [5.41, 5.74) is 8.58. The van der Waals surface area contributed by atoms with E-state index < -0.39 is 5.91 Å². The van der Waals surface area contributed by atoms with Gasteiger partial charge in [-0.05, 0) is 66.6 Å². The van der Waals surface area contributed by atoms with Gasteiger partial charge in [-0.3, -0.25) is 4.79 Å². The molecule has 0 heterocycles. The van der Waals surface area contributed by atoms with E-state index in [4.69, 9.17) is 10.5 Å². The highest BCUT2D eigenvalue weighted by Crippen LogP contribution is 2.48. The van der Waals surface area contributed by atoms with Gasteiger partial charge >= 0.3 is 0 Å². The molecule has 0 aliphatic heterocycles. The zero-order valence-corrected chi connectivity index (χ0v) is 12.3. The fourth-order valence-electron chi connectivity index (χ4n) is 2.43. The molecule has 2 N–H and O–H groups in total. The molecule has 3 heteroatoms. The second-order valence-corrected chi connectivity index (χ2v) is 6.03. The fraction of sp³-hybridized carbons (Fsp3) is 0.278. The van der Waals surface area contributed by atoms with E-state index in [9.17, 15) is 4.79 Å². The Labute approximate surface area is 124 Å². The maximum Gasteiger partial charge on any atom is 0.248 e. The smallest absolute Gasteiger partial charge is 0.248 e. The normalized spacial score (nSPS) is 15.5. The van der Waals surface area contributed by atoms with Gasteiger partial charge in [-0.1, -0.05) is 19.1 Å². The Morgan fingerprint density at radius 3 is 2.33 bits per heavy atom. The van der Waals surface area contributed by atoms with Crippen molar-refractivity contribution in [1.29, 1.82) is 0 Å². The van der Waals surface area contributed by atoms with Crippen molar-refractivity contribution in [3.05, 3.63) is 59.2 Å². The zero-order chi connectivity index (χ0) is 15.0. The third-order valence-corrected chi connectivity index (χ3v) is 4.24. The Kier molecular flexibility index (Phi) is 3.20. The van der Waals surface area contributed by atoms with Crippen molar-refractivity contribution in [2.45, 2.75) is 32.1 Å². The van der Waals surface area contributed by atoms with Crippen LogP contribution in [0.3, 0.4) is 0 Å². The lowest BCUT2D eigenvalue weighted by Gasteiger charge is -2.13. The third-order valence-electron chi connectivity index (χ3n) is 4.24. The van der Waals surface area contributed by atoms with E-state index in [1.165, 1.54) is 18.4 Å². The van der Waals surface area contributed by atoms with E-state index in [-0.39, 0.29) is 0 Å². The van der Waals surface area contributed by atoms with Gasteiger partial charge in [0.1, 0.15) is 11.5 Å². The van der Waals surface area contributed by atoms with Gasteiger partial charge in [0.25, 0.3) is 0 Å². The monoisotopic (exact) mass is 281 g/mol. The highest BCUT2D eigenvalue weighted by molar-refractivity contribution is 5.92. The summed E-state index contributed by atoms with van der Waals surface area (Å²) in [6, 6.07) is 13.2. The molecule has 21 heavy (non-hydrogen) atoms. The number of primary amides is 1. The summed E-state index contributed by atoms with van der Waals surface area (Å²) in [6.45, 7) is 4.35. The molecule has 1 amide bonds. The molecule has 0 radical (unpaired) electrons. The van der Waals surface area contributed by atoms with E-state index in [0.717, 1.165) is 11.3 Å². The third kappa shape index (κ3) is 2.77. The van der Waals surface area contributed by atoms with Gasteiger partial charge < -0.3 is 10.5 Å². The van der Waals surface area contributed by atoms with Crippen LogP contribution in [0.15, 0.2) is 42.5 Å². The molecular formula is C18H19NO2. The molecule has 108 valence electrons. The van der Waals surface area contributed by atoms with Crippen LogP contribution in [0, 0.1) is 6.92 Å². The van der Waals surface area contributed by atoms with Crippen LogP contribution in [-0.4, -0.2) is 5.91 Å². The Balaban J connectivity index is 1.79. The van der Waals surface area contributed by atoms with Gasteiger partial charge in [0.2, 0.25) is 5.91 Å².